The number of anilines is 1. The van der Waals surface area contributed by atoms with Gasteiger partial charge in [-0.3, -0.25) is 4.79 Å². The predicted molar refractivity (Wildman–Crippen MR) is 67.6 cm³/mol. The molecule has 5 heteroatoms. The maximum Gasteiger partial charge on any atom is 0.332 e. The summed E-state index contributed by atoms with van der Waals surface area (Å²) in [6.45, 7) is 4.97. The highest BCUT2D eigenvalue weighted by Gasteiger charge is 2.13. The lowest BCUT2D eigenvalue weighted by atomic mass is 10.1. The molecule has 0 aromatic heterocycles. The second-order valence-electron chi connectivity index (χ2n) is 4.16. The Morgan fingerprint density at radius 2 is 2.06 bits per heavy atom. The van der Waals surface area contributed by atoms with Crippen molar-refractivity contribution >= 4 is 17.6 Å². The molecule has 2 N–H and O–H groups in total. The van der Waals surface area contributed by atoms with E-state index in [1.807, 2.05) is 32.0 Å². The number of ether oxygens (including phenoxy) is 1. The first kappa shape index (κ1) is 14.2. The predicted octanol–water partition coefficient (Wildman–Crippen LogP) is 1.73. The standard InChI is InChI=1S/C13H17NO4/c1-8-4-5-11(9(2)6-8)14-12(15)7-18-10(3)13(16)17/h4-6,10H,7H2,1-3H3,(H,14,15)(H,16,17)/t10-/m0/s1. The maximum absolute atomic E-state index is 11.5. The molecule has 1 amide bonds. The molecule has 0 radical (unpaired) electrons. The Morgan fingerprint density at radius 1 is 1.39 bits per heavy atom. The van der Waals surface area contributed by atoms with Crippen LogP contribution in [0, 0.1) is 13.8 Å². The lowest BCUT2D eigenvalue weighted by molar-refractivity contribution is -0.150. The van der Waals surface area contributed by atoms with Crippen LogP contribution in [0.15, 0.2) is 18.2 Å². The molecule has 0 bridgehead atoms. The van der Waals surface area contributed by atoms with Gasteiger partial charge in [0.15, 0.2) is 6.10 Å². The summed E-state index contributed by atoms with van der Waals surface area (Å²) >= 11 is 0. The first-order valence-electron chi connectivity index (χ1n) is 5.61. The normalized spacial score (nSPS) is 11.9. The van der Waals surface area contributed by atoms with Crippen LogP contribution in [0.2, 0.25) is 0 Å². The van der Waals surface area contributed by atoms with E-state index in [0.717, 1.165) is 11.1 Å². The van der Waals surface area contributed by atoms with Crippen molar-refractivity contribution in [3.8, 4) is 0 Å². The minimum atomic E-state index is -1.09. The minimum Gasteiger partial charge on any atom is -0.479 e. The highest BCUT2D eigenvalue weighted by atomic mass is 16.5. The number of aryl methyl sites for hydroxylation is 2. The van der Waals surface area contributed by atoms with E-state index in [0.29, 0.717) is 5.69 Å². The molecule has 0 aliphatic heterocycles. The van der Waals surface area contributed by atoms with Gasteiger partial charge in [-0.1, -0.05) is 17.7 Å². The summed E-state index contributed by atoms with van der Waals surface area (Å²) in [5.74, 6) is -1.45. The van der Waals surface area contributed by atoms with E-state index in [1.54, 1.807) is 0 Å². The average molecular weight is 251 g/mol. The molecular formula is C13H17NO4. The monoisotopic (exact) mass is 251 g/mol. The fourth-order valence-corrected chi connectivity index (χ4v) is 1.41. The van der Waals surface area contributed by atoms with Crippen molar-refractivity contribution in [1.82, 2.24) is 0 Å². The molecule has 0 spiro atoms. The summed E-state index contributed by atoms with van der Waals surface area (Å²) in [4.78, 5) is 22.1. The van der Waals surface area contributed by atoms with Crippen molar-refractivity contribution in [2.45, 2.75) is 26.9 Å². The van der Waals surface area contributed by atoms with Gasteiger partial charge in [0.1, 0.15) is 6.61 Å². The van der Waals surface area contributed by atoms with Gasteiger partial charge in [-0.2, -0.15) is 0 Å². The van der Waals surface area contributed by atoms with Crippen molar-refractivity contribution in [3.05, 3.63) is 29.3 Å². The Labute approximate surface area is 106 Å². The third kappa shape index (κ3) is 4.18. The molecule has 5 nitrogen and oxygen atoms in total. The number of carboxylic acid groups (broad SMARTS) is 1. The van der Waals surface area contributed by atoms with Gasteiger partial charge in [-0.15, -0.1) is 0 Å². The number of carboxylic acids is 1. The van der Waals surface area contributed by atoms with Crippen LogP contribution in [0.3, 0.4) is 0 Å². The number of amides is 1. The van der Waals surface area contributed by atoms with E-state index >= 15 is 0 Å². The van der Waals surface area contributed by atoms with E-state index in [9.17, 15) is 9.59 Å². The molecule has 0 fully saturated rings. The molecular weight excluding hydrogens is 234 g/mol. The first-order valence-corrected chi connectivity index (χ1v) is 5.61. The number of aliphatic carboxylic acids is 1. The molecule has 0 heterocycles. The Balaban J connectivity index is 2.52. The molecule has 0 aliphatic carbocycles. The van der Waals surface area contributed by atoms with E-state index < -0.39 is 12.1 Å². The van der Waals surface area contributed by atoms with Crippen molar-refractivity contribution in [2.75, 3.05) is 11.9 Å². The third-order valence-electron chi connectivity index (χ3n) is 2.47. The van der Waals surface area contributed by atoms with Crippen molar-refractivity contribution in [3.63, 3.8) is 0 Å². The third-order valence-corrected chi connectivity index (χ3v) is 2.47. The summed E-state index contributed by atoms with van der Waals surface area (Å²) < 4.78 is 4.89. The molecule has 0 saturated carbocycles. The zero-order valence-electron chi connectivity index (χ0n) is 10.7. The van der Waals surface area contributed by atoms with Crippen LogP contribution in [-0.4, -0.2) is 29.7 Å². The maximum atomic E-state index is 11.5. The van der Waals surface area contributed by atoms with Crippen LogP contribution in [0.1, 0.15) is 18.1 Å². The van der Waals surface area contributed by atoms with Gasteiger partial charge >= 0.3 is 5.97 Å². The Hall–Kier alpha value is -1.88. The van der Waals surface area contributed by atoms with E-state index in [4.69, 9.17) is 9.84 Å². The molecule has 1 rings (SSSR count). The summed E-state index contributed by atoms with van der Waals surface area (Å²) in [5, 5.41) is 11.3. The van der Waals surface area contributed by atoms with Crippen LogP contribution in [0.5, 0.6) is 0 Å². The Kier molecular flexibility index (Phi) is 4.85. The number of hydrogen-bond donors (Lipinski definition) is 2. The molecule has 0 saturated heterocycles. The summed E-state index contributed by atoms with van der Waals surface area (Å²) in [7, 11) is 0. The summed E-state index contributed by atoms with van der Waals surface area (Å²) in [6, 6.07) is 5.66. The number of benzene rings is 1. The Bertz CT molecular complexity index is 456. The van der Waals surface area contributed by atoms with Gasteiger partial charge < -0.3 is 15.2 Å². The summed E-state index contributed by atoms with van der Waals surface area (Å²) in [5.41, 5.74) is 2.77. The van der Waals surface area contributed by atoms with Crippen LogP contribution < -0.4 is 5.32 Å². The number of carbonyl (C=O) groups excluding carboxylic acids is 1. The van der Waals surface area contributed by atoms with Gasteiger partial charge in [-0.05, 0) is 32.4 Å². The second kappa shape index (κ2) is 6.16. The number of nitrogens with one attached hydrogen (secondary N) is 1. The fourth-order valence-electron chi connectivity index (χ4n) is 1.41. The molecule has 1 aromatic carbocycles. The molecule has 1 atom stereocenters. The Morgan fingerprint density at radius 3 is 2.61 bits per heavy atom. The van der Waals surface area contributed by atoms with Crippen molar-refractivity contribution in [1.29, 1.82) is 0 Å². The lowest BCUT2D eigenvalue weighted by Crippen LogP contribution is -2.26. The number of rotatable bonds is 5. The number of carbonyl (C=O) groups is 2. The molecule has 98 valence electrons. The zero-order valence-corrected chi connectivity index (χ0v) is 10.7. The fraction of sp³-hybridized carbons (Fsp3) is 0.385. The van der Waals surface area contributed by atoms with Crippen molar-refractivity contribution in [2.24, 2.45) is 0 Å². The SMILES string of the molecule is Cc1ccc(NC(=O)CO[C@@H](C)C(=O)O)c(C)c1. The highest BCUT2D eigenvalue weighted by Crippen LogP contribution is 2.15. The summed E-state index contributed by atoms with van der Waals surface area (Å²) in [6.07, 6.45) is -0.991. The van der Waals surface area contributed by atoms with Crippen LogP contribution in [0.25, 0.3) is 0 Å². The molecule has 18 heavy (non-hydrogen) atoms. The van der Waals surface area contributed by atoms with Gasteiger partial charge in [0.2, 0.25) is 5.91 Å². The first-order chi connectivity index (χ1) is 8.40. The molecule has 0 aliphatic rings. The van der Waals surface area contributed by atoms with Crippen LogP contribution in [0.4, 0.5) is 5.69 Å². The number of hydrogen-bond acceptors (Lipinski definition) is 3. The van der Waals surface area contributed by atoms with Gasteiger partial charge in [0.25, 0.3) is 0 Å². The lowest BCUT2D eigenvalue weighted by Gasteiger charge is -2.11. The topological polar surface area (TPSA) is 75.6 Å². The smallest absolute Gasteiger partial charge is 0.332 e. The van der Waals surface area contributed by atoms with Gasteiger partial charge in [0, 0.05) is 5.69 Å². The van der Waals surface area contributed by atoms with Crippen LogP contribution in [-0.2, 0) is 14.3 Å². The molecule has 1 aromatic rings. The largest absolute Gasteiger partial charge is 0.479 e. The van der Waals surface area contributed by atoms with Crippen LogP contribution >= 0.6 is 0 Å². The molecule has 0 unspecified atom stereocenters. The van der Waals surface area contributed by atoms with Gasteiger partial charge in [-0.25, -0.2) is 4.79 Å². The highest BCUT2D eigenvalue weighted by molar-refractivity contribution is 5.92. The minimum absolute atomic E-state index is 0.277. The quantitative estimate of drug-likeness (QED) is 0.835. The second-order valence-corrected chi connectivity index (χ2v) is 4.16. The zero-order chi connectivity index (χ0) is 13.7. The van der Waals surface area contributed by atoms with Gasteiger partial charge in [0.05, 0.1) is 0 Å². The van der Waals surface area contributed by atoms with E-state index in [1.165, 1.54) is 6.92 Å². The van der Waals surface area contributed by atoms with E-state index in [2.05, 4.69) is 5.32 Å². The van der Waals surface area contributed by atoms with Crippen molar-refractivity contribution < 1.29 is 19.4 Å². The van der Waals surface area contributed by atoms with E-state index in [-0.39, 0.29) is 12.5 Å². The average Bonchev–Trinajstić information content (AvgIpc) is 2.29.